The van der Waals surface area contributed by atoms with Crippen molar-refractivity contribution >= 4 is 43.5 Å². The summed E-state index contributed by atoms with van der Waals surface area (Å²) in [6.07, 6.45) is 0.399. The molecule has 36 heavy (non-hydrogen) atoms. The van der Waals surface area contributed by atoms with E-state index in [0.29, 0.717) is 11.3 Å². The van der Waals surface area contributed by atoms with E-state index in [2.05, 4.69) is 50.1 Å². The Morgan fingerprint density at radius 2 is 1.53 bits per heavy atom. The quantitative estimate of drug-likeness (QED) is 0.177. The molecule has 0 aliphatic carbocycles. The lowest BCUT2D eigenvalue weighted by atomic mass is 9.96. The molecule has 4 aromatic carbocycles. The third-order valence-electron chi connectivity index (χ3n) is 6.33. The first-order valence-electron chi connectivity index (χ1n) is 11.5. The molecular weight excluding hydrogens is 584 g/mol. The number of benzene rings is 4. The van der Waals surface area contributed by atoms with Crippen LogP contribution >= 0.6 is 31.9 Å². The van der Waals surface area contributed by atoms with Crippen molar-refractivity contribution in [1.82, 2.24) is 5.01 Å². The van der Waals surface area contributed by atoms with Gasteiger partial charge in [-0.3, -0.25) is 0 Å². The van der Waals surface area contributed by atoms with Gasteiger partial charge in [-0.05, 0) is 72.3 Å². The molecule has 0 fully saturated rings. The molecule has 0 saturated carbocycles. The summed E-state index contributed by atoms with van der Waals surface area (Å²) in [6, 6.07) is 30.9. The maximum absolute atomic E-state index is 12.5. The average Bonchev–Trinajstić information content (AvgIpc) is 3.35. The molecule has 5 nitrogen and oxygen atoms in total. The summed E-state index contributed by atoms with van der Waals surface area (Å²) in [5, 5.41) is 7.05. The van der Waals surface area contributed by atoms with E-state index < -0.39 is 12.2 Å². The van der Waals surface area contributed by atoms with Crippen LogP contribution in [0.3, 0.4) is 0 Å². The van der Waals surface area contributed by atoms with Crippen molar-refractivity contribution in [3.63, 3.8) is 0 Å². The zero-order valence-electron chi connectivity index (χ0n) is 19.0. The summed E-state index contributed by atoms with van der Waals surface area (Å²) < 4.78 is 13.9. The van der Waals surface area contributed by atoms with Gasteiger partial charge >= 0.3 is 5.97 Å². The second kappa shape index (κ2) is 9.56. The van der Waals surface area contributed by atoms with E-state index in [1.54, 1.807) is 24.3 Å². The van der Waals surface area contributed by atoms with E-state index in [0.717, 1.165) is 43.5 Å². The molecule has 0 N–H and O–H groups in total. The summed E-state index contributed by atoms with van der Waals surface area (Å²) in [4.78, 5) is 12.5. The number of carbonyl (C=O) groups excluding carboxylic acids is 1. The molecule has 2 aliphatic rings. The van der Waals surface area contributed by atoms with Crippen LogP contribution in [0.25, 0.3) is 0 Å². The Hall–Kier alpha value is -3.42. The van der Waals surface area contributed by atoms with Gasteiger partial charge in [0.2, 0.25) is 6.23 Å². The Bertz CT molecular complexity index is 1450. The van der Waals surface area contributed by atoms with Crippen molar-refractivity contribution in [1.29, 1.82) is 0 Å². The Morgan fingerprint density at radius 1 is 0.861 bits per heavy atom. The maximum Gasteiger partial charge on any atom is 0.343 e. The smallest absolute Gasteiger partial charge is 0.343 e. The van der Waals surface area contributed by atoms with Crippen LogP contribution in [0.5, 0.6) is 11.5 Å². The summed E-state index contributed by atoms with van der Waals surface area (Å²) in [6.45, 7) is 0. The van der Waals surface area contributed by atoms with E-state index in [-0.39, 0.29) is 6.04 Å². The molecule has 0 radical (unpaired) electrons. The van der Waals surface area contributed by atoms with Gasteiger partial charge in [0.05, 0.1) is 17.3 Å². The van der Waals surface area contributed by atoms with Gasteiger partial charge in [0.1, 0.15) is 11.5 Å². The number of fused-ring (bicyclic) bond motifs is 3. The van der Waals surface area contributed by atoms with Crippen molar-refractivity contribution in [2.24, 2.45) is 5.10 Å². The number of carbonyl (C=O) groups is 1. The van der Waals surface area contributed by atoms with Crippen LogP contribution in [-0.4, -0.2) is 16.7 Å². The number of esters is 1. The highest BCUT2D eigenvalue weighted by atomic mass is 79.9. The molecule has 0 saturated heterocycles. The normalized spacial score (nSPS) is 18.1. The van der Waals surface area contributed by atoms with E-state index >= 15 is 0 Å². The molecule has 178 valence electrons. The van der Waals surface area contributed by atoms with Gasteiger partial charge in [0.15, 0.2) is 0 Å². The minimum Gasteiger partial charge on any atom is -0.464 e. The van der Waals surface area contributed by atoms with Crippen LogP contribution in [0, 0.1) is 0 Å². The van der Waals surface area contributed by atoms with Crippen molar-refractivity contribution in [3.05, 3.63) is 128 Å². The summed E-state index contributed by atoms with van der Waals surface area (Å²) in [5.74, 6) is 0.933. The minimum atomic E-state index is -0.401. The highest BCUT2D eigenvalue weighted by Crippen LogP contribution is 2.47. The van der Waals surface area contributed by atoms with Crippen LogP contribution in [0.1, 0.15) is 45.7 Å². The first kappa shape index (κ1) is 23.0. The second-order valence-corrected chi connectivity index (χ2v) is 10.5. The van der Waals surface area contributed by atoms with Crippen molar-refractivity contribution in [2.45, 2.75) is 18.7 Å². The molecule has 2 aliphatic heterocycles. The largest absolute Gasteiger partial charge is 0.464 e. The van der Waals surface area contributed by atoms with Crippen LogP contribution in [0.2, 0.25) is 0 Å². The van der Waals surface area contributed by atoms with E-state index in [1.165, 1.54) is 0 Å². The number of rotatable bonds is 4. The van der Waals surface area contributed by atoms with Crippen molar-refractivity contribution < 1.29 is 14.3 Å². The molecule has 2 heterocycles. The van der Waals surface area contributed by atoms with Crippen molar-refractivity contribution in [3.8, 4) is 11.5 Å². The molecule has 4 aromatic rings. The highest BCUT2D eigenvalue weighted by molar-refractivity contribution is 9.10. The molecule has 7 heteroatoms. The Labute approximate surface area is 225 Å². The SMILES string of the molecule is O=C(Oc1ccc([C@@H]2Oc3ccccc3[C@H]3CC(c4ccc(Br)cc4)=NN32)cc1)c1ccc(Br)cc1. The lowest BCUT2D eigenvalue weighted by Gasteiger charge is -2.38. The molecule has 0 unspecified atom stereocenters. The molecule has 2 atom stereocenters. The van der Waals surface area contributed by atoms with Crippen molar-refractivity contribution in [2.75, 3.05) is 0 Å². The maximum atomic E-state index is 12.5. The lowest BCUT2D eigenvalue weighted by Crippen LogP contribution is -2.33. The van der Waals surface area contributed by atoms with Gasteiger partial charge in [-0.25, -0.2) is 9.80 Å². The Morgan fingerprint density at radius 3 is 2.25 bits per heavy atom. The predicted octanol–water partition coefficient (Wildman–Crippen LogP) is 7.67. The number of nitrogens with zero attached hydrogens (tertiary/aromatic N) is 2. The molecular formula is C29H20Br2N2O3. The molecule has 0 aromatic heterocycles. The van der Waals surface area contributed by atoms with E-state index in [1.807, 2.05) is 59.6 Å². The number of para-hydroxylation sites is 1. The monoisotopic (exact) mass is 602 g/mol. The van der Waals surface area contributed by atoms with Gasteiger partial charge in [0.25, 0.3) is 0 Å². The first-order valence-corrected chi connectivity index (χ1v) is 13.1. The predicted molar refractivity (Wildman–Crippen MR) is 145 cm³/mol. The fraction of sp³-hybridized carbons (Fsp3) is 0.103. The van der Waals surface area contributed by atoms with Gasteiger partial charge in [0, 0.05) is 26.5 Å². The average molecular weight is 604 g/mol. The Kier molecular flexibility index (Phi) is 6.11. The third kappa shape index (κ3) is 4.45. The number of halogens is 2. The molecule has 6 rings (SSSR count). The molecule has 0 amide bonds. The minimum absolute atomic E-state index is 0.0773. The van der Waals surface area contributed by atoms with Gasteiger partial charge in [-0.15, -0.1) is 0 Å². The standard InChI is InChI=1S/C29H20Br2N2O3/c30-21-11-5-18(6-12-21)25-17-26-24-3-1-2-4-27(24)36-28(33(26)32-25)19-9-15-23(16-10-19)35-29(34)20-7-13-22(31)14-8-20/h1-16,26,28H,17H2/t26-,28+/m1/s1. The third-order valence-corrected chi connectivity index (χ3v) is 7.39. The number of hydrogen-bond acceptors (Lipinski definition) is 5. The summed E-state index contributed by atoms with van der Waals surface area (Å²) in [5.41, 5.74) is 4.67. The number of hydrazone groups is 1. The molecule has 0 spiro atoms. The Balaban J connectivity index is 1.28. The topological polar surface area (TPSA) is 51.1 Å². The van der Waals surface area contributed by atoms with Crippen LogP contribution in [0.4, 0.5) is 0 Å². The fourth-order valence-corrected chi connectivity index (χ4v) is 5.05. The van der Waals surface area contributed by atoms with E-state index in [9.17, 15) is 4.79 Å². The highest BCUT2D eigenvalue weighted by Gasteiger charge is 2.40. The van der Waals surface area contributed by atoms with Gasteiger partial charge < -0.3 is 9.47 Å². The molecule has 0 bridgehead atoms. The summed E-state index contributed by atoms with van der Waals surface area (Å²) >= 11 is 6.89. The lowest BCUT2D eigenvalue weighted by molar-refractivity contribution is -0.0190. The number of ether oxygens (including phenoxy) is 2. The zero-order chi connectivity index (χ0) is 24.6. The second-order valence-electron chi connectivity index (χ2n) is 8.63. The van der Waals surface area contributed by atoms with Crippen LogP contribution in [0.15, 0.2) is 111 Å². The van der Waals surface area contributed by atoms with Crippen LogP contribution in [-0.2, 0) is 0 Å². The van der Waals surface area contributed by atoms with E-state index in [4.69, 9.17) is 14.6 Å². The fourth-order valence-electron chi connectivity index (χ4n) is 4.52. The van der Waals surface area contributed by atoms with Gasteiger partial charge in [-0.1, -0.05) is 62.2 Å². The number of hydrogen-bond donors (Lipinski definition) is 0. The first-order chi connectivity index (χ1) is 17.5. The van der Waals surface area contributed by atoms with Gasteiger partial charge in [-0.2, -0.15) is 5.10 Å². The van der Waals surface area contributed by atoms with Crippen LogP contribution < -0.4 is 9.47 Å². The zero-order valence-corrected chi connectivity index (χ0v) is 22.1. The summed E-state index contributed by atoms with van der Waals surface area (Å²) in [7, 11) is 0.